The molecule has 1 aromatic carbocycles. The van der Waals surface area contributed by atoms with Crippen molar-refractivity contribution in [3.05, 3.63) is 63.5 Å². The first-order chi connectivity index (χ1) is 18.2. The first-order valence-electron chi connectivity index (χ1n) is 13.6. The molecule has 8 nitrogen and oxygen atoms in total. The van der Waals surface area contributed by atoms with Gasteiger partial charge in [-0.15, -0.1) is 5.10 Å². The Bertz CT molecular complexity index is 1430. The van der Waals surface area contributed by atoms with Crippen molar-refractivity contribution in [3.63, 3.8) is 0 Å². The number of fused-ring (bicyclic) bond motifs is 3. The van der Waals surface area contributed by atoms with Gasteiger partial charge in [0.15, 0.2) is 11.9 Å². The van der Waals surface area contributed by atoms with Crippen molar-refractivity contribution in [2.24, 2.45) is 0 Å². The van der Waals surface area contributed by atoms with Crippen molar-refractivity contribution in [2.45, 2.75) is 89.6 Å². The van der Waals surface area contributed by atoms with E-state index in [4.69, 9.17) is 14.6 Å². The predicted octanol–water partition coefficient (Wildman–Crippen LogP) is 4.34. The van der Waals surface area contributed by atoms with E-state index in [0.29, 0.717) is 31.8 Å². The number of nitrogens with zero attached hydrogens (tertiary/aromatic N) is 4. The zero-order valence-electron chi connectivity index (χ0n) is 22.3. The van der Waals surface area contributed by atoms with E-state index in [9.17, 15) is 14.0 Å². The number of carbonyl (C=O) groups is 1. The lowest BCUT2D eigenvalue weighted by Gasteiger charge is -2.44. The molecule has 3 aliphatic rings. The van der Waals surface area contributed by atoms with E-state index < -0.39 is 11.0 Å². The van der Waals surface area contributed by atoms with Crippen molar-refractivity contribution in [3.8, 4) is 0 Å². The number of rotatable bonds is 6. The molecule has 3 aromatic rings. The monoisotopic (exact) mass is 522 g/mol. The molecule has 2 fully saturated rings. The lowest BCUT2D eigenvalue weighted by atomic mass is 9.80. The lowest BCUT2D eigenvalue weighted by Crippen LogP contribution is -2.49. The summed E-state index contributed by atoms with van der Waals surface area (Å²) in [6.45, 7) is 7.19. The Morgan fingerprint density at radius 2 is 1.95 bits per heavy atom. The van der Waals surface area contributed by atoms with Crippen LogP contribution >= 0.6 is 0 Å². The number of anilines is 1. The lowest BCUT2D eigenvalue weighted by molar-refractivity contribution is -0.251. The highest BCUT2D eigenvalue weighted by atomic mass is 19.1. The van der Waals surface area contributed by atoms with Gasteiger partial charge in [0.1, 0.15) is 5.82 Å². The van der Waals surface area contributed by atoms with Crippen LogP contribution in [0.15, 0.2) is 35.1 Å². The fourth-order valence-electron chi connectivity index (χ4n) is 6.22. The summed E-state index contributed by atoms with van der Waals surface area (Å²) >= 11 is 0. The summed E-state index contributed by atoms with van der Waals surface area (Å²) in [7, 11) is 0. The molecule has 0 radical (unpaired) electrons. The maximum absolute atomic E-state index is 14.0. The van der Waals surface area contributed by atoms with Gasteiger partial charge in [-0.25, -0.2) is 18.3 Å². The van der Waals surface area contributed by atoms with Crippen LogP contribution in [-0.4, -0.2) is 45.1 Å². The molecule has 2 aliphatic heterocycles. The van der Waals surface area contributed by atoms with Crippen molar-refractivity contribution < 1.29 is 18.7 Å². The SMILES string of the molecule is CC(=O)N1CC(C)(C)c2c1cc(Cc1ccc(F)cc1)c1nn(CC3(OC4CCCCO4)CCC3)c(=O)n21. The minimum absolute atomic E-state index is 0.0707. The standard InChI is InChI=1S/C29H35FN4O4/c1-19(35)32-17-28(2,3)25-23(32)16-21(15-20-8-10-22(30)11-9-20)26-31-33(27(36)34(25)26)18-29(12-6-13-29)38-24-7-4-5-14-37-24/h8-11,16,24H,4-7,12-15,17-18H2,1-3H3. The Balaban J connectivity index is 1.46. The molecule has 9 heteroatoms. The van der Waals surface area contributed by atoms with Crippen LogP contribution in [0, 0.1) is 5.82 Å². The Labute approximate surface area is 221 Å². The number of ether oxygens (including phenoxy) is 2. The Kier molecular flexibility index (Phi) is 6.18. The largest absolute Gasteiger partial charge is 0.353 e. The third-order valence-corrected chi connectivity index (χ3v) is 8.30. The van der Waals surface area contributed by atoms with Crippen molar-refractivity contribution >= 4 is 17.2 Å². The average molecular weight is 523 g/mol. The fraction of sp³-hybridized carbons (Fsp3) is 0.552. The van der Waals surface area contributed by atoms with Gasteiger partial charge in [0, 0.05) is 37.5 Å². The highest BCUT2D eigenvalue weighted by Gasteiger charge is 2.44. The molecule has 1 saturated heterocycles. The zero-order valence-corrected chi connectivity index (χ0v) is 22.3. The van der Waals surface area contributed by atoms with Crippen molar-refractivity contribution in [2.75, 3.05) is 18.1 Å². The molecule has 202 valence electrons. The van der Waals surface area contributed by atoms with E-state index in [0.717, 1.165) is 61.0 Å². The van der Waals surface area contributed by atoms with Crippen LogP contribution < -0.4 is 10.6 Å². The highest BCUT2D eigenvalue weighted by Crippen LogP contribution is 2.42. The van der Waals surface area contributed by atoms with Crippen molar-refractivity contribution in [1.82, 2.24) is 14.2 Å². The van der Waals surface area contributed by atoms with Gasteiger partial charge in [-0.05, 0) is 62.3 Å². The van der Waals surface area contributed by atoms with Crippen LogP contribution in [0.25, 0.3) is 5.65 Å². The van der Waals surface area contributed by atoms with E-state index in [1.165, 1.54) is 16.8 Å². The predicted molar refractivity (Wildman–Crippen MR) is 141 cm³/mol. The molecule has 1 saturated carbocycles. The van der Waals surface area contributed by atoms with Gasteiger partial charge in [-0.3, -0.25) is 4.79 Å². The van der Waals surface area contributed by atoms with Crippen molar-refractivity contribution in [1.29, 1.82) is 0 Å². The smallest absolute Gasteiger partial charge is 0.350 e. The topological polar surface area (TPSA) is 78.1 Å². The first-order valence-corrected chi connectivity index (χ1v) is 13.6. The number of amides is 1. The molecule has 2 aromatic heterocycles. The van der Waals surface area contributed by atoms with Crippen LogP contribution in [-0.2, 0) is 32.6 Å². The Morgan fingerprint density at radius 1 is 1.18 bits per heavy atom. The molecule has 1 amide bonds. The summed E-state index contributed by atoms with van der Waals surface area (Å²) in [6, 6.07) is 8.32. The third-order valence-electron chi connectivity index (χ3n) is 8.30. The van der Waals surface area contributed by atoms with Crippen LogP contribution in [0.4, 0.5) is 10.1 Å². The maximum Gasteiger partial charge on any atom is 0.350 e. The molecule has 1 aliphatic carbocycles. The van der Waals surface area contributed by atoms with E-state index in [2.05, 4.69) is 13.8 Å². The van der Waals surface area contributed by atoms with Gasteiger partial charge >= 0.3 is 5.69 Å². The van der Waals surface area contributed by atoms with Gasteiger partial charge in [0.2, 0.25) is 5.91 Å². The molecule has 0 N–H and O–H groups in total. The quantitative estimate of drug-likeness (QED) is 0.482. The fourth-order valence-corrected chi connectivity index (χ4v) is 6.22. The van der Waals surface area contributed by atoms with E-state index in [1.807, 2.05) is 6.07 Å². The van der Waals surface area contributed by atoms with Gasteiger partial charge in [0.05, 0.1) is 23.5 Å². The molecule has 1 atom stereocenters. The molecule has 0 bridgehead atoms. The van der Waals surface area contributed by atoms with Crippen LogP contribution in [0.5, 0.6) is 0 Å². The minimum Gasteiger partial charge on any atom is -0.353 e. The summed E-state index contributed by atoms with van der Waals surface area (Å²) in [4.78, 5) is 28.4. The van der Waals surface area contributed by atoms with Crippen LogP contribution in [0.3, 0.4) is 0 Å². The van der Waals surface area contributed by atoms with Gasteiger partial charge < -0.3 is 14.4 Å². The molecule has 1 unspecified atom stereocenters. The summed E-state index contributed by atoms with van der Waals surface area (Å²) in [6.07, 6.45) is 5.97. The number of hydrogen-bond donors (Lipinski definition) is 0. The second kappa shape index (κ2) is 9.31. The molecule has 0 spiro atoms. The maximum atomic E-state index is 14.0. The average Bonchev–Trinajstić information content (AvgIpc) is 3.32. The second-order valence-corrected chi connectivity index (χ2v) is 11.7. The number of carbonyl (C=O) groups excluding carboxylic acids is 1. The normalized spacial score (nSPS) is 21.9. The minimum atomic E-state index is -0.467. The van der Waals surface area contributed by atoms with Gasteiger partial charge in [0.25, 0.3) is 0 Å². The van der Waals surface area contributed by atoms with E-state index in [-0.39, 0.29) is 23.7 Å². The molecule has 6 rings (SSSR count). The summed E-state index contributed by atoms with van der Waals surface area (Å²) in [5, 5.41) is 4.87. The van der Waals surface area contributed by atoms with Crippen LogP contribution in [0.1, 0.15) is 76.1 Å². The second-order valence-electron chi connectivity index (χ2n) is 11.7. The highest BCUT2D eigenvalue weighted by molar-refractivity contribution is 5.95. The number of aromatic nitrogens is 3. The summed E-state index contributed by atoms with van der Waals surface area (Å²) in [5.41, 5.74) is 2.68. The van der Waals surface area contributed by atoms with E-state index >= 15 is 0 Å². The van der Waals surface area contributed by atoms with Crippen LogP contribution in [0.2, 0.25) is 0 Å². The molecular weight excluding hydrogens is 487 g/mol. The first kappa shape index (κ1) is 25.2. The molecule has 4 heterocycles. The third kappa shape index (κ3) is 4.35. The number of halogens is 1. The van der Waals surface area contributed by atoms with Gasteiger partial charge in [-0.1, -0.05) is 26.0 Å². The number of hydrogen-bond acceptors (Lipinski definition) is 5. The Hall–Kier alpha value is -3.04. The number of pyridine rings is 1. The summed E-state index contributed by atoms with van der Waals surface area (Å²) in [5.74, 6) is -0.371. The van der Waals surface area contributed by atoms with E-state index in [1.54, 1.807) is 28.4 Å². The molecular formula is C29H35FN4O4. The number of benzene rings is 1. The molecule has 38 heavy (non-hydrogen) atoms. The Morgan fingerprint density at radius 3 is 2.58 bits per heavy atom. The van der Waals surface area contributed by atoms with Gasteiger partial charge in [-0.2, -0.15) is 0 Å². The summed E-state index contributed by atoms with van der Waals surface area (Å²) < 4.78 is 29.1. The zero-order chi connectivity index (χ0) is 26.7.